The second-order valence-electron chi connectivity index (χ2n) is 5.51. The van der Waals surface area contributed by atoms with E-state index in [1.165, 1.54) is 0 Å². The van der Waals surface area contributed by atoms with Crippen LogP contribution in [0.1, 0.15) is 13.8 Å². The largest absolute Gasteiger partial charge is 0.322 e. The number of hydrogen-bond acceptors (Lipinski definition) is 3. The first-order valence-corrected chi connectivity index (χ1v) is 9.53. The average Bonchev–Trinajstić information content (AvgIpc) is 2.42. The Kier molecular flexibility index (Phi) is 5.22. The van der Waals surface area contributed by atoms with Crippen LogP contribution in [-0.4, -0.2) is 45.0 Å². The van der Waals surface area contributed by atoms with Crippen LogP contribution in [0.5, 0.6) is 0 Å². The van der Waals surface area contributed by atoms with Crippen LogP contribution in [0.2, 0.25) is 5.02 Å². The smallest absolute Gasteiger partial charge is 0.321 e. The molecule has 0 aromatic heterocycles. The topological polar surface area (TPSA) is 49.4 Å². The van der Waals surface area contributed by atoms with Crippen molar-refractivity contribution in [1.82, 2.24) is 4.90 Å². The van der Waals surface area contributed by atoms with Crippen LogP contribution in [0, 0.1) is 0 Å². The van der Waals surface area contributed by atoms with Crippen LogP contribution in [0.15, 0.2) is 23.1 Å². The number of thioether (sulfide) groups is 1. The fourth-order valence-electron chi connectivity index (χ4n) is 2.20. The first kappa shape index (κ1) is 16.6. The lowest BCUT2D eigenvalue weighted by atomic mass is 10.2. The van der Waals surface area contributed by atoms with Gasteiger partial charge in [-0.2, -0.15) is 0 Å². The van der Waals surface area contributed by atoms with Gasteiger partial charge in [-0.05, 0) is 38.3 Å². The van der Waals surface area contributed by atoms with Gasteiger partial charge in [0.05, 0.1) is 9.77 Å². The molecule has 116 valence electrons. The number of benzene rings is 1. The first-order chi connectivity index (χ1) is 9.83. The van der Waals surface area contributed by atoms with E-state index in [2.05, 4.69) is 5.32 Å². The number of nitrogens with one attached hydrogen (secondary N) is 1. The van der Waals surface area contributed by atoms with Gasteiger partial charge in [0, 0.05) is 40.2 Å². The number of rotatable bonds is 2. The van der Waals surface area contributed by atoms with Gasteiger partial charge in [0.2, 0.25) is 0 Å². The van der Waals surface area contributed by atoms with E-state index in [1.54, 1.807) is 22.7 Å². The molecule has 0 spiro atoms. The van der Waals surface area contributed by atoms with Crippen molar-refractivity contribution in [2.24, 2.45) is 0 Å². The average molecular weight is 347 g/mol. The summed E-state index contributed by atoms with van der Waals surface area (Å²) in [5.74, 6) is 0.520. The molecule has 0 unspecified atom stereocenters. The Morgan fingerprint density at radius 3 is 2.76 bits per heavy atom. The highest BCUT2D eigenvalue weighted by atomic mass is 35.5. The third-order valence-corrected chi connectivity index (χ3v) is 6.56. The van der Waals surface area contributed by atoms with Gasteiger partial charge in [0.15, 0.2) is 0 Å². The van der Waals surface area contributed by atoms with Crippen molar-refractivity contribution in [3.8, 4) is 0 Å². The van der Waals surface area contributed by atoms with E-state index >= 15 is 0 Å². The van der Waals surface area contributed by atoms with Crippen LogP contribution in [0.25, 0.3) is 0 Å². The molecule has 0 saturated carbocycles. The molecular weight excluding hydrogens is 328 g/mol. The second kappa shape index (κ2) is 6.58. The quantitative estimate of drug-likeness (QED) is 0.834. The fourth-order valence-corrected chi connectivity index (χ4v) is 4.31. The SMILES string of the molecule is CSc1ccc(NC(=O)N2CC[S@](=O)C(C)(C)C2)cc1Cl. The fraction of sp³-hybridized carbons (Fsp3) is 0.500. The Morgan fingerprint density at radius 2 is 2.19 bits per heavy atom. The van der Waals surface area contributed by atoms with E-state index in [0.29, 0.717) is 29.6 Å². The molecule has 7 heteroatoms. The summed E-state index contributed by atoms with van der Waals surface area (Å²) in [4.78, 5) is 15.0. The molecule has 4 nitrogen and oxygen atoms in total. The summed E-state index contributed by atoms with van der Waals surface area (Å²) in [6.07, 6.45) is 1.95. The van der Waals surface area contributed by atoms with Crippen molar-refractivity contribution in [3.05, 3.63) is 23.2 Å². The lowest BCUT2D eigenvalue weighted by Gasteiger charge is -2.37. The first-order valence-electron chi connectivity index (χ1n) is 6.61. The third kappa shape index (κ3) is 3.93. The van der Waals surface area contributed by atoms with E-state index in [4.69, 9.17) is 11.6 Å². The number of carbonyl (C=O) groups excluding carboxylic acids is 1. The number of hydrogen-bond donors (Lipinski definition) is 1. The maximum absolute atomic E-state index is 12.3. The molecule has 0 bridgehead atoms. The molecule has 21 heavy (non-hydrogen) atoms. The molecule has 1 aromatic rings. The summed E-state index contributed by atoms with van der Waals surface area (Å²) in [5, 5.41) is 3.48. The van der Waals surface area contributed by atoms with Crippen molar-refractivity contribution in [2.75, 3.05) is 30.4 Å². The minimum Gasteiger partial charge on any atom is -0.322 e. The van der Waals surface area contributed by atoms with Gasteiger partial charge < -0.3 is 10.2 Å². The summed E-state index contributed by atoms with van der Waals surface area (Å²) in [6, 6.07) is 5.30. The highest BCUT2D eigenvalue weighted by Gasteiger charge is 2.35. The van der Waals surface area contributed by atoms with Gasteiger partial charge in [0.1, 0.15) is 0 Å². The number of amides is 2. The Morgan fingerprint density at radius 1 is 1.48 bits per heavy atom. The van der Waals surface area contributed by atoms with Gasteiger partial charge in [-0.3, -0.25) is 4.21 Å². The molecule has 1 aromatic carbocycles. The van der Waals surface area contributed by atoms with Crippen LogP contribution in [0.3, 0.4) is 0 Å². The Labute approximate surface area is 137 Å². The third-order valence-electron chi connectivity index (χ3n) is 3.42. The lowest BCUT2D eigenvalue weighted by molar-refractivity contribution is 0.207. The van der Waals surface area contributed by atoms with Crippen molar-refractivity contribution in [2.45, 2.75) is 23.5 Å². The molecule has 1 heterocycles. The van der Waals surface area contributed by atoms with E-state index in [9.17, 15) is 9.00 Å². The standard InChI is InChI=1S/C14H19ClN2O2S2/c1-14(2)9-17(6-7-21(14)19)13(18)16-10-4-5-12(20-3)11(15)8-10/h4-5,8H,6-7,9H2,1-3H3,(H,16,18)/t21-/m0/s1. The van der Waals surface area contributed by atoms with Gasteiger partial charge in [-0.25, -0.2) is 4.79 Å². The maximum Gasteiger partial charge on any atom is 0.321 e. The predicted octanol–water partition coefficient (Wildman–Crippen LogP) is 3.44. The van der Waals surface area contributed by atoms with Crippen molar-refractivity contribution < 1.29 is 9.00 Å². The number of carbonyl (C=O) groups is 1. The Balaban J connectivity index is 2.05. The minimum absolute atomic E-state index is 0.173. The zero-order valence-corrected chi connectivity index (χ0v) is 14.7. The molecule has 2 rings (SSSR count). The normalized spacial score (nSPS) is 21.1. The molecular formula is C14H19ClN2O2S2. The molecule has 1 saturated heterocycles. The highest BCUT2D eigenvalue weighted by Crippen LogP contribution is 2.28. The highest BCUT2D eigenvalue weighted by molar-refractivity contribution is 7.98. The number of halogens is 1. The molecule has 2 amide bonds. The zero-order valence-electron chi connectivity index (χ0n) is 12.3. The lowest BCUT2D eigenvalue weighted by Crippen LogP contribution is -2.53. The van der Waals surface area contributed by atoms with E-state index in [0.717, 1.165) is 4.90 Å². The van der Waals surface area contributed by atoms with Crippen LogP contribution >= 0.6 is 23.4 Å². The molecule has 1 fully saturated rings. The summed E-state index contributed by atoms with van der Waals surface area (Å²) < 4.78 is 11.5. The number of urea groups is 1. The molecule has 0 aliphatic carbocycles. The minimum atomic E-state index is -0.888. The van der Waals surface area contributed by atoms with Crippen molar-refractivity contribution in [1.29, 1.82) is 0 Å². The molecule has 1 aliphatic heterocycles. The van der Waals surface area contributed by atoms with Crippen molar-refractivity contribution in [3.63, 3.8) is 0 Å². The van der Waals surface area contributed by atoms with Gasteiger partial charge in [0.25, 0.3) is 0 Å². The van der Waals surface area contributed by atoms with Gasteiger partial charge in [-0.1, -0.05) is 11.6 Å². The van der Waals surface area contributed by atoms with E-state index < -0.39 is 10.8 Å². The summed E-state index contributed by atoms with van der Waals surface area (Å²) >= 11 is 7.70. The number of anilines is 1. The Bertz CT molecular complexity index is 578. The molecule has 0 radical (unpaired) electrons. The summed E-state index contributed by atoms with van der Waals surface area (Å²) in [5.41, 5.74) is 0.673. The van der Waals surface area contributed by atoms with Crippen LogP contribution in [0.4, 0.5) is 10.5 Å². The van der Waals surface area contributed by atoms with E-state index in [1.807, 2.05) is 32.2 Å². The molecule has 1 atom stereocenters. The van der Waals surface area contributed by atoms with Gasteiger partial charge in [-0.15, -0.1) is 11.8 Å². The predicted molar refractivity (Wildman–Crippen MR) is 90.9 cm³/mol. The van der Waals surface area contributed by atoms with Crippen LogP contribution in [-0.2, 0) is 10.8 Å². The number of nitrogens with zero attached hydrogens (tertiary/aromatic N) is 1. The second-order valence-corrected chi connectivity index (χ2v) is 8.97. The van der Waals surface area contributed by atoms with E-state index in [-0.39, 0.29) is 10.8 Å². The van der Waals surface area contributed by atoms with Crippen molar-refractivity contribution >= 4 is 45.9 Å². The Hall–Kier alpha value is -0.720. The monoisotopic (exact) mass is 346 g/mol. The van der Waals surface area contributed by atoms with Crippen LogP contribution < -0.4 is 5.32 Å². The maximum atomic E-state index is 12.3. The van der Waals surface area contributed by atoms with Gasteiger partial charge >= 0.3 is 6.03 Å². The molecule has 1 aliphatic rings. The molecule has 1 N–H and O–H groups in total. The summed E-state index contributed by atoms with van der Waals surface area (Å²) in [7, 11) is -0.888. The summed E-state index contributed by atoms with van der Waals surface area (Å²) in [6.45, 7) is 4.85. The zero-order chi connectivity index (χ0) is 15.6.